The largest absolute Gasteiger partial charge is 0.495 e. The molecule has 1 heterocycles. The molecule has 7 heteroatoms. The highest BCUT2D eigenvalue weighted by Gasteiger charge is 2.09. The Morgan fingerprint density at radius 1 is 1.00 bits per heavy atom. The SMILES string of the molecule is COc1ccccc1Nc1ccc(C(=O)Nc2ccc(Br)cc2)nn1. The molecule has 0 fully saturated rings. The van der Waals surface area contributed by atoms with Crippen molar-refractivity contribution in [3.8, 4) is 5.75 Å². The number of benzene rings is 2. The smallest absolute Gasteiger partial charge is 0.276 e. The van der Waals surface area contributed by atoms with Crippen LogP contribution in [-0.4, -0.2) is 23.2 Å². The first kappa shape index (κ1) is 16.9. The normalized spacial score (nSPS) is 10.2. The van der Waals surface area contributed by atoms with Gasteiger partial charge >= 0.3 is 0 Å². The molecule has 2 aromatic carbocycles. The number of carbonyl (C=O) groups excluding carboxylic acids is 1. The van der Waals surface area contributed by atoms with Crippen LogP contribution in [0.25, 0.3) is 0 Å². The van der Waals surface area contributed by atoms with Crippen molar-refractivity contribution in [1.29, 1.82) is 0 Å². The van der Waals surface area contributed by atoms with Crippen LogP contribution in [0.1, 0.15) is 10.5 Å². The van der Waals surface area contributed by atoms with Crippen molar-refractivity contribution < 1.29 is 9.53 Å². The summed E-state index contributed by atoms with van der Waals surface area (Å²) in [5.41, 5.74) is 1.69. The quantitative estimate of drug-likeness (QED) is 0.671. The Morgan fingerprint density at radius 3 is 2.44 bits per heavy atom. The lowest BCUT2D eigenvalue weighted by atomic mass is 10.3. The molecule has 0 saturated carbocycles. The predicted octanol–water partition coefficient (Wildman–Crippen LogP) is 4.24. The number of rotatable bonds is 5. The molecule has 0 unspecified atom stereocenters. The molecular formula is C18H15BrN4O2. The fraction of sp³-hybridized carbons (Fsp3) is 0.0556. The van der Waals surface area contributed by atoms with Gasteiger partial charge < -0.3 is 15.4 Å². The van der Waals surface area contributed by atoms with Crippen LogP contribution in [0.15, 0.2) is 65.1 Å². The highest BCUT2D eigenvalue weighted by Crippen LogP contribution is 2.25. The van der Waals surface area contributed by atoms with Crippen LogP contribution in [0.5, 0.6) is 5.75 Å². The number of hydrogen-bond donors (Lipinski definition) is 2. The lowest BCUT2D eigenvalue weighted by molar-refractivity contribution is 0.102. The van der Waals surface area contributed by atoms with Crippen molar-refractivity contribution in [2.75, 3.05) is 17.7 Å². The topological polar surface area (TPSA) is 76.1 Å². The van der Waals surface area contributed by atoms with E-state index >= 15 is 0 Å². The lowest BCUT2D eigenvalue weighted by Gasteiger charge is -2.10. The van der Waals surface area contributed by atoms with Gasteiger partial charge in [0.1, 0.15) is 5.75 Å². The average molecular weight is 399 g/mol. The zero-order valence-electron chi connectivity index (χ0n) is 13.4. The maximum Gasteiger partial charge on any atom is 0.276 e. The first-order valence-electron chi connectivity index (χ1n) is 7.46. The van der Waals surface area contributed by atoms with E-state index in [0.717, 1.165) is 10.2 Å². The summed E-state index contributed by atoms with van der Waals surface area (Å²) in [5.74, 6) is 0.893. The van der Waals surface area contributed by atoms with Gasteiger partial charge in [-0.05, 0) is 48.5 Å². The second kappa shape index (κ2) is 7.76. The number of nitrogens with zero attached hydrogens (tertiary/aromatic N) is 2. The molecule has 0 aliphatic carbocycles. The van der Waals surface area contributed by atoms with Crippen LogP contribution in [0.3, 0.4) is 0 Å². The molecule has 0 aliphatic heterocycles. The minimum atomic E-state index is -0.321. The van der Waals surface area contributed by atoms with Crippen LogP contribution in [0, 0.1) is 0 Å². The van der Waals surface area contributed by atoms with Crippen LogP contribution in [-0.2, 0) is 0 Å². The van der Waals surface area contributed by atoms with E-state index in [1.807, 2.05) is 36.4 Å². The summed E-state index contributed by atoms with van der Waals surface area (Å²) in [5, 5.41) is 13.9. The Morgan fingerprint density at radius 2 is 1.76 bits per heavy atom. The standard InChI is InChI=1S/C18H15BrN4O2/c1-25-16-5-3-2-4-14(16)21-17-11-10-15(22-23-17)18(24)20-13-8-6-12(19)7-9-13/h2-11H,1H3,(H,20,24)(H,21,23). The minimum absolute atomic E-state index is 0.230. The van der Waals surface area contributed by atoms with Gasteiger partial charge in [0.2, 0.25) is 0 Å². The van der Waals surface area contributed by atoms with Crippen LogP contribution in [0.2, 0.25) is 0 Å². The number of anilines is 3. The molecule has 0 aliphatic rings. The Kier molecular flexibility index (Phi) is 5.25. The summed E-state index contributed by atoms with van der Waals surface area (Å²) in [6.45, 7) is 0. The first-order chi connectivity index (χ1) is 12.2. The molecule has 3 aromatic rings. The van der Waals surface area contributed by atoms with Crippen molar-refractivity contribution in [3.63, 3.8) is 0 Å². The lowest BCUT2D eigenvalue weighted by Crippen LogP contribution is -2.14. The number of ether oxygens (including phenoxy) is 1. The summed E-state index contributed by atoms with van der Waals surface area (Å²) in [6.07, 6.45) is 0. The molecule has 126 valence electrons. The fourth-order valence-corrected chi connectivity index (χ4v) is 2.40. The van der Waals surface area contributed by atoms with E-state index in [1.165, 1.54) is 0 Å². The number of nitrogens with one attached hydrogen (secondary N) is 2. The summed E-state index contributed by atoms with van der Waals surface area (Å²) in [4.78, 5) is 12.2. The molecule has 0 bridgehead atoms. The van der Waals surface area contributed by atoms with Gasteiger partial charge in [-0.25, -0.2) is 0 Å². The number of para-hydroxylation sites is 2. The van der Waals surface area contributed by atoms with Crippen LogP contribution >= 0.6 is 15.9 Å². The summed E-state index contributed by atoms with van der Waals surface area (Å²) < 4.78 is 6.22. The maximum absolute atomic E-state index is 12.2. The van der Waals surface area contributed by atoms with Gasteiger partial charge in [0, 0.05) is 10.2 Å². The molecule has 25 heavy (non-hydrogen) atoms. The van der Waals surface area contributed by atoms with E-state index in [-0.39, 0.29) is 11.6 Å². The third kappa shape index (κ3) is 4.33. The van der Waals surface area contributed by atoms with E-state index in [4.69, 9.17) is 4.74 Å². The molecular weight excluding hydrogens is 384 g/mol. The fourth-order valence-electron chi connectivity index (χ4n) is 2.13. The number of hydrogen-bond acceptors (Lipinski definition) is 5. The van der Waals surface area contributed by atoms with E-state index < -0.39 is 0 Å². The number of aromatic nitrogens is 2. The van der Waals surface area contributed by atoms with E-state index in [2.05, 4.69) is 36.8 Å². The highest BCUT2D eigenvalue weighted by molar-refractivity contribution is 9.10. The molecule has 0 radical (unpaired) electrons. The number of amides is 1. The number of halogens is 1. The molecule has 3 rings (SSSR count). The van der Waals surface area contributed by atoms with E-state index in [9.17, 15) is 4.79 Å². The molecule has 6 nitrogen and oxygen atoms in total. The Balaban J connectivity index is 1.69. The van der Waals surface area contributed by atoms with Crippen molar-refractivity contribution in [2.45, 2.75) is 0 Å². The zero-order valence-corrected chi connectivity index (χ0v) is 14.9. The van der Waals surface area contributed by atoms with Gasteiger partial charge in [-0.15, -0.1) is 10.2 Å². The van der Waals surface area contributed by atoms with Gasteiger partial charge in [-0.1, -0.05) is 28.1 Å². The minimum Gasteiger partial charge on any atom is -0.495 e. The van der Waals surface area contributed by atoms with Gasteiger partial charge in [-0.3, -0.25) is 4.79 Å². The third-order valence-electron chi connectivity index (χ3n) is 3.37. The van der Waals surface area contributed by atoms with Crippen molar-refractivity contribution in [3.05, 3.63) is 70.8 Å². The molecule has 2 N–H and O–H groups in total. The average Bonchev–Trinajstić information content (AvgIpc) is 2.64. The summed E-state index contributed by atoms with van der Waals surface area (Å²) in [7, 11) is 1.60. The maximum atomic E-state index is 12.2. The van der Waals surface area contributed by atoms with Crippen LogP contribution in [0.4, 0.5) is 17.2 Å². The van der Waals surface area contributed by atoms with Crippen LogP contribution < -0.4 is 15.4 Å². The van der Waals surface area contributed by atoms with Crippen molar-refractivity contribution in [1.82, 2.24) is 10.2 Å². The second-order valence-electron chi connectivity index (χ2n) is 5.09. The molecule has 0 saturated heterocycles. The highest BCUT2D eigenvalue weighted by atomic mass is 79.9. The van der Waals surface area contributed by atoms with E-state index in [0.29, 0.717) is 17.3 Å². The summed E-state index contributed by atoms with van der Waals surface area (Å²) in [6, 6.07) is 18.1. The van der Waals surface area contributed by atoms with Gasteiger partial charge in [0.05, 0.1) is 12.8 Å². The van der Waals surface area contributed by atoms with Gasteiger partial charge in [0.15, 0.2) is 11.5 Å². The number of carbonyl (C=O) groups is 1. The monoisotopic (exact) mass is 398 g/mol. The summed E-state index contributed by atoms with van der Waals surface area (Å²) >= 11 is 3.35. The van der Waals surface area contributed by atoms with Crippen molar-refractivity contribution in [2.24, 2.45) is 0 Å². The Bertz CT molecular complexity index is 867. The molecule has 0 spiro atoms. The molecule has 1 aromatic heterocycles. The molecule has 0 atom stereocenters. The Labute approximate surface area is 153 Å². The zero-order chi connectivity index (χ0) is 17.6. The first-order valence-corrected chi connectivity index (χ1v) is 8.26. The molecule has 1 amide bonds. The van der Waals surface area contributed by atoms with E-state index in [1.54, 1.807) is 31.4 Å². The van der Waals surface area contributed by atoms with Crippen molar-refractivity contribution >= 4 is 39.0 Å². The van der Waals surface area contributed by atoms with Gasteiger partial charge in [-0.2, -0.15) is 0 Å². The van der Waals surface area contributed by atoms with Gasteiger partial charge in [0.25, 0.3) is 5.91 Å². The second-order valence-corrected chi connectivity index (χ2v) is 6.01. The Hall–Kier alpha value is -2.93. The number of methoxy groups -OCH3 is 1. The predicted molar refractivity (Wildman–Crippen MR) is 100 cm³/mol. The third-order valence-corrected chi connectivity index (χ3v) is 3.90.